The second kappa shape index (κ2) is 11.8. The number of likely N-dealkylation sites (tertiary alicyclic amines) is 2. The monoisotopic (exact) mass is 576 g/mol. The Morgan fingerprint density at radius 3 is 2.69 bits per heavy atom. The van der Waals surface area contributed by atoms with Crippen LogP contribution in [0.5, 0.6) is 0 Å². The van der Waals surface area contributed by atoms with Gasteiger partial charge in [-0.15, -0.1) is 0 Å². The van der Waals surface area contributed by atoms with Crippen LogP contribution in [0.2, 0.25) is 0 Å². The number of piperidine rings is 1. The molecule has 1 aromatic carbocycles. The Hall–Kier alpha value is -2.71. The maximum absolute atomic E-state index is 14.4. The van der Waals surface area contributed by atoms with Gasteiger partial charge in [0.05, 0.1) is 17.9 Å². The number of anilines is 1. The van der Waals surface area contributed by atoms with Crippen molar-refractivity contribution in [3.05, 3.63) is 42.0 Å². The average molecular weight is 577 g/mol. The summed E-state index contributed by atoms with van der Waals surface area (Å²) >= 11 is 0. The highest BCUT2D eigenvalue weighted by Gasteiger charge is 2.72. The van der Waals surface area contributed by atoms with Crippen LogP contribution in [0.25, 0.3) is 0 Å². The molecule has 2 bridgehead atoms. The Bertz CT molecular complexity index is 1230. The maximum Gasteiger partial charge on any atom is 0.246 e. The third-order valence-corrected chi connectivity index (χ3v) is 11.1. The number of carbonyl (C=O) groups is 3. The summed E-state index contributed by atoms with van der Waals surface area (Å²) in [4.78, 5) is 46.7. The quantitative estimate of drug-likeness (QED) is 0.451. The number of benzene rings is 1. The number of hydrogen-bond donors (Lipinski definition) is 2. The highest BCUT2D eigenvalue weighted by molar-refractivity contribution is 6.02. The van der Waals surface area contributed by atoms with Gasteiger partial charge in [0, 0.05) is 30.9 Å². The van der Waals surface area contributed by atoms with Crippen molar-refractivity contribution in [2.24, 2.45) is 23.7 Å². The van der Waals surface area contributed by atoms with Crippen LogP contribution in [0.4, 0.5) is 5.69 Å². The van der Waals surface area contributed by atoms with Crippen LogP contribution in [0.3, 0.4) is 0 Å². The van der Waals surface area contributed by atoms with Gasteiger partial charge in [0.25, 0.3) is 0 Å². The highest BCUT2D eigenvalue weighted by atomic mass is 16.5. The number of hydrogen-bond acceptors (Lipinski definition) is 5. The topological polar surface area (TPSA) is 91.0 Å². The first-order chi connectivity index (χ1) is 20.2. The molecule has 1 aromatic rings. The fourth-order valence-corrected chi connectivity index (χ4v) is 8.56. The lowest BCUT2D eigenvalue weighted by atomic mass is 9.73. The van der Waals surface area contributed by atoms with Crippen LogP contribution >= 0.6 is 0 Å². The van der Waals surface area contributed by atoms with Crippen molar-refractivity contribution in [3.63, 3.8) is 0 Å². The fraction of sp³-hybridized carbons (Fsp3) is 0.676. The van der Waals surface area contributed by atoms with Crippen molar-refractivity contribution < 1.29 is 19.1 Å². The van der Waals surface area contributed by atoms with E-state index in [-0.39, 0.29) is 23.8 Å². The summed E-state index contributed by atoms with van der Waals surface area (Å²) in [6.45, 7) is 10.9. The zero-order chi connectivity index (χ0) is 29.6. The van der Waals surface area contributed by atoms with E-state index < -0.39 is 29.6 Å². The van der Waals surface area contributed by atoms with Crippen LogP contribution in [-0.4, -0.2) is 77.0 Å². The van der Waals surface area contributed by atoms with Gasteiger partial charge in [-0.2, -0.15) is 0 Å². The van der Waals surface area contributed by atoms with Gasteiger partial charge >= 0.3 is 0 Å². The van der Waals surface area contributed by atoms with Gasteiger partial charge in [-0.25, -0.2) is 0 Å². The Kier molecular flexibility index (Phi) is 8.22. The molecule has 4 heterocycles. The third kappa shape index (κ3) is 5.08. The smallest absolute Gasteiger partial charge is 0.246 e. The first-order valence-corrected chi connectivity index (χ1v) is 16.3. The normalized spacial score (nSPS) is 37.6. The predicted molar refractivity (Wildman–Crippen MR) is 163 cm³/mol. The molecule has 1 spiro atoms. The Morgan fingerprint density at radius 2 is 1.90 bits per heavy atom. The van der Waals surface area contributed by atoms with Crippen molar-refractivity contribution in [2.45, 2.75) is 102 Å². The van der Waals surface area contributed by atoms with Gasteiger partial charge in [-0.1, -0.05) is 64.3 Å². The molecule has 42 heavy (non-hydrogen) atoms. The first-order valence-electron chi connectivity index (χ1n) is 16.3. The van der Waals surface area contributed by atoms with Crippen molar-refractivity contribution in [1.29, 1.82) is 0 Å². The summed E-state index contributed by atoms with van der Waals surface area (Å²) in [7, 11) is 0. The predicted octanol–water partition coefficient (Wildman–Crippen LogP) is 4.29. The lowest BCUT2D eigenvalue weighted by Gasteiger charge is -2.39. The molecule has 0 radical (unpaired) electrons. The van der Waals surface area contributed by atoms with E-state index in [0.717, 1.165) is 44.3 Å². The van der Waals surface area contributed by atoms with Gasteiger partial charge in [0.15, 0.2) is 0 Å². The summed E-state index contributed by atoms with van der Waals surface area (Å²) in [5.74, 6) is -1.02. The number of ether oxygens (including phenoxy) is 1. The van der Waals surface area contributed by atoms with Crippen LogP contribution in [0, 0.1) is 30.6 Å². The molecule has 0 unspecified atom stereocenters. The molecule has 5 aliphatic rings. The van der Waals surface area contributed by atoms with E-state index in [1.807, 2.05) is 43.3 Å². The fourth-order valence-electron chi connectivity index (χ4n) is 8.56. The van der Waals surface area contributed by atoms with E-state index in [2.05, 4.69) is 36.3 Å². The second-order valence-corrected chi connectivity index (χ2v) is 13.6. The number of amides is 3. The van der Waals surface area contributed by atoms with E-state index in [1.54, 1.807) is 4.90 Å². The third-order valence-electron chi connectivity index (χ3n) is 11.1. The van der Waals surface area contributed by atoms with Gasteiger partial charge < -0.3 is 20.3 Å². The zero-order valence-corrected chi connectivity index (χ0v) is 25.7. The summed E-state index contributed by atoms with van der Waals surface area (Å²) in [6, 6.07) is 7.46. The molecule has 0 aromatic heterocycles. The molecule has 1 aliphatic carbocycles. The van der Waals surface area contributed by atoms with Crippen molar-refractivity contribution in [2.75, 3.05) is 25.0 Å². The van der Waals surface area contributed by atoms with Gasteiger partial charge in [-0.05, 0) is 68.7 Å². The minimum absolute atomic E-state index is 0.0724. The Balaban J connectivity index is 1.28. The molecule has 2 N–H and O–H groups in total. The van der Waals surface area contributed by atoms with Crippen LogP contribution in [-0.2, 0) is 19.1 Å². The second-order valence-electron chi connectivity index (χ2n) is 13.6. The minimum Gasteiger partial charge on any atom is -0.359 e. The molecule has 4 aliphatic heterocycles. The van der Waals surface area contributed by atoms with E-state index in [0.29, 0.717) is 30.1 Å². The van der Waals surface area contributed by atoms with Gasteiger partial charge in [0.1, 0.15) is 11.6 Å². The number of aryl methyl sites for hydroxylation is 1. The number of rotatable bonds is 8. The summed E-state index contributed by atoms with van der Waals surface area (Å²) in [5.41, 5.74) is 0.617. The zero-order valence-electron chi connectivity index (χ0n) is 25.7. The molecule has 6 rings (SSSR count). The van der Waals surface area contributed by atoms with E-state index >= 15 is 0 Å². The van der Waals surface area contributed by atoms with Crippen molar-refractivity contribution in [1.82, 2.24) is 15.1 Å². The molecule has 228 valence electrons. The van der Waals surface area contributed by atoms with Crippen molar-refractivity contribution >= 4 is 23.4 Å². The first kappa shape index (κ1) is 29.4. The summed E-state index contributed by atoms with van der Waals surface area (Å²) in [5, 5.41) is 6.41. The van der Waals surface area contributed by atoms with Crippen LogP contribution < -0.4 is 10.6 Å². The standard InChI is InChI=1S/C34H48N4O4/c1-5-25-13-6-7-17-37(25)18-19-38-30(32(40)36-26-14-9-11-22(3)23(26)4)34-16-15-27(42-34)28(29(34)33(38)41)31(39)35-24-12-8-10-21(2)20-24/h8,10,12,15-16,20,22-23,25-30H,5-7,9,11,13-14,17-19H2,1-4H3,(H,35,39)(H,36,40)/t22-,23+,25+,26+,27-,28+,29-,30-,34-/m0/s1. The summed E-state index contributed by atoms with van der Waals surface area (Å²) < 4.78 is 6.58. The van der Waals surface area contributed by atoms with Crippen LogP contribution in [0.1, 0.15) is 71.3 Å². The molecular weight excluding hydrogens is 528 g/mol. The molecule has 3 saturated heterocycles. The number of fused-ring (bicyclic) bond motifs is 1. The SMILES string of the molecule is CC[C@@H]1CCCCN1CCN1C(=O)[C@@H]2[C@H](C(=O)Nc3cccc(C)c3)[C@@H]3C=C[C@@]2(O3)[C@@H]1C(=O)N[C@@H]1CCC[C@H](C)[C@H]1C. The number of carbonyl (C=O) groups excluding carboxylic acids is 3. The molecule has 4 fully saturated rings. The average Bonchev–Trinajstić information content (AvgIpc) is 3.61. The molecule has 8 nitrogen and oxygen atoms in total. The lowest BCUT2D eigenvalue weighted by molar-refractivity contribution is -0.142. The van der Waals surface area contributed by atoms with Gasteiger partial charge in [-0.3, -0.25) is 19.3 Å². The molecule has 8 heteroatoms. The number of nitrogens with zero attached hydrogens (tertiary/aromatic N) is 2. The molecule has 9 atom stereocenters. The van der Waals surface area contributed by atoms with E-state index in [1.165, 1.54) is 19.3 Å². The molecule has 1 saturated carbocycles. The largest absolute Gasteiger partial charge is 0.359 e. The highest BCUT2D eigenvalue weighted by Crippen LogP contribution is 2.55. The Morgan fingerprint density at radius 1 is 1.07 bits per heavy atom. The minimum atomic E-state index is -1.13. The maximum atomic E-state index is 14.4. The number of nitrogens with one attached hydrogen (secondary N) is 2. The molecule has 3 amide bonds. The summed E-state index contributed by atoms with van der Waals surface area (Å²) in [6.07, 6.45) is 11.2. The van der Waals surface area contributed by atoms with Crippen LogP contribution in [0.15, 0.2) is 36.4 Å². The van der Waals surface area contributed by atoms with Gasteiger partial charge in [0.2, 0.25) is 17.7 Å². The Labute approximate surface area is 250 Å². The van der Waals surface area contributed by atoms with E-state index in [4.69, 9.17) is 4.74 Å². The lowest BCUT2D eigenvalue weighted by Crippen LogP contribution is -2.58. The van der Waals surface area contributed by atoms with E-state index in [9.17, 15) is 14.4 Å². The molecular formula is C34H48N4O4. The van der Waals surface area contributed by atoms with Crippen molar-refractivity contribution in [3.8, 4) is 0 Å².